The number of pyridine rings is 1. The van der Waals surface area contributed by atoms with Gasteiger partial charge in [0.1, 0.15) is 6.54 Å². The summed E-state index contributed by atoms with van der Waals surface area (Å²) in [6.45, 7) is 6.80. The van der Waals surface area contributed by atoms with Crippen molar-refractivity contribution >= 4 is 5.91 Å². The lowest BCUT2D eigenvalue weighted by Crippen LogP contribution is -2.42. The van der Waals surface area contributed by atoms with Crippen LogP contribution < -0.4 is 10.9 Å². The number of carbonyl (C=O) groups excluding carboxylic acids is 1. The van der Waals surface area contributed by atoms with Crippen molar-refractivity contribution in [2.24, 2.45) is 5.92 Å². The Labute approximate surface area is 148 Å². The SMILES string of the molecule is Cc1ccn(CC(=O)N[C@H]2CN(Cc3ccccc3)C[C@@H]2C)c(=O)c1. The standard InChI is InChI=1S/C20H25N3O2/c1-15-8-9-23(20(25)10-15)14-19(24)21-18-13-22(11-16(18)2)12-17-6-4-3-5-7-17/h3-10,16,18H,11-14H2,1-2H3,(H,21,24)/t16-,18-/m0/s1. The molecule has 2 heterocycles. The van der Waals surface area contributed by atoms with E-state index in [-0.39, 0.29) is 24.1 Å². The molecule has 1 aliphatic heterocycles. The normalized spacial score (nSPS) is 20.6. The molecule has 0 aliphatic carbocycles. The molecule has 3 rings (SSSR count). The average molecular weight is 339 g/mol. The largest absolute Gasteiger partial charge is 0.350 e. The van der Waals surface area contributed by atoms with Crippen molar-refractivity contribution in [1.29, 1.82) is 0 Å². The van der Waals surface area contributed by atoms with Gasteiger partial charge in [-0.3, -0.25) is 14.5 Å². The number of hydrogen-bond acceptors (Lipinski definition) is 3. The van der Waals surface area contributed by atoms with E-state index in [2.05, 4.69) is 29.3 Å². The highest BCUT2D eigenvalue weighted by atomic mass is 16.2. The van der Waals surface area contributed by atoms with Crippen LogP contribution in [0.25, 0.3) is 0 Å². The fourth-order valence-corrected chi connectivity index (χ4v) is 3.37. The van der Waals surface area contributed by atoms with Gasteiger partial charge >= 0.3 is 0 Å². The Bertz CT molecular complexity index is 785. The summed E-state index contributed by atoms with van der Waals surface area (Å²) in [6, 6.07) is 13.9. The lowest BCUT2D eigenvalue weighted by Gasteiger charge is -2.18. The molecule has 1 aliphatic rings. The van der Waals surface area contributed by atoms with Gasteiger partial charge in [-0.05, 0) is 30.0 Å². The Kier molecular flexibility index (Phi) is 5.34. The van der Waals surface area contributed by atoms with Crippen LogP contribution in [-0.4, -0.2) is 34.5 Å². The van der Waals surface area contributed by atoms with Crippen molar-refractivity contribution in [3.63, 3.8) is 0 Å². The molecular weight excluding hydrogens is 314 g/mol. The van der Waals surface area contributed by atoms with Crippen LogP contribution in [0.5, 0.6) is 0 Å². The third-order valence-electron chi connectivity index (χ3n) is 4.75. The van der Waals surface area contributed by atoms with E-state index in [1.807, 2.05) is 31.2 Å². The van der Waals surface area contributed by atoms with Crippen molar-refractivity contribution in [3.05, 3.63) is 70.1 Å². The smallest absolute Gasteiger partial charge is 0.251 e. The zero-order valence-corrected chi connectivity index (χ0v) is 14.8. The quantitative estimate of drug-likeness (QED) is 0.904. The summed E-state index contributed by atoms with van der Waals surface area (Å²) < 4.78 is 1.45. The van der Waals surface area contributed by atoms with Gasteiger partial charge in [0, 0.05) is 37.9 Å². The molecule has 1 fully saturated rings. The van der Waals surface area contributed by atoms with Gasteiger partial charge in [0.15, 0.2) is 0 Å². The summed E-state index contributed by atoms with van der Waals surface area (Å²) in [5.41, 5.74) is 2.05. The second-order valence-electron chi connectivity index (χ2n) is 7.00. The highest BCUT2D eigenvalue weighted by Crippen LogP contribution is 2.18. The summed E-state index contributed by atoms with van der Waals surface area (Å²) in [7, 11) is 0. The number of rotatable bonds is 5. The molecule has 0 unspecified atom stereocenters. The van der Waals surface area contributed by atoms with E-state index in [1.165, 1.54) is 10.1 Å². The minimum atomic E-state index is -0.139. The number of nitrogens with one attached hydrogen (secondary N) is 1. The van der Waals surface area contributed by atoms with E-state index in [9.17, 15) is 9.59 Å². The number of nitrogens with zero attached hydrogens (tertiary/aromatic N) is 2. The van der Waals surface area contributed by atoms with Crippen molar-refractivity contribution in [2.45, 2.75) is 33.0 Å². The Morgan fingerprint density at radius 2 is 1.96 bits per heavy atom. The molecule has 5 heteroatoms. The second-order valence-corrected chi connectivity index (χ2v) is 7.00. The third kappa shape index (κ3) is 4.57. The first kappa shape index (κ1) is 17.4. The summed E-state index contributed by atoms with van der Waals surface area (Å²) >= 11 is 0. The van der Waals surface area contributed by atoms with Gasteiger partial charge in [0.25, 0.3) is 5.56 Å². The first-order valence-electron chi connectivity index (χ1n) is 8.74. The van der Waals surface area contributed by atoms with Gasteiger partial charge in [-0.2, -0.15) is 0 Å². The molecule has 2 atom stereocenters. The van der Waals surface area contributed by atoms with Crippen LogP contribution in [-0.2, 0) is 17.9 Å². The molecule has 25 heavy (non-hydrogen) atoms. The maximum Gasteiger partial charge on any atom is 0.251 e. The lowest BCUT2D eigenvalue weighted by atomic mass is 10.1. The lowest BCUT2D eigenvalue weighted by molar-refractivity contribution is -0.122. The topological polar surface area (TPSA) is 54.3 Å². The van der Waals surface area contributed by atoms with E-state index in [1.54, 1.807) is 12.3 Å². The molecule has 2 aromatic rings. The van der Waals surface area contributed by atoms with Crippen LogP contribution in [0, 0.1) is 12.8 Å². The monoisotopic (exact) mass is 339 g/mol. The molecule has 0 radical (unpaired) electrons. The predicted molar refractivity (Wildman–Crippen MR) is 98.3 cm³/mol. The molecule has 1 aromatic heterocycles. The van der Waals surface area contributed by atoms with E-state index in [0.29, 0.717) is 5.92 Å². The Hall–Kier alpha value is -2.40. The summed E-state index contributed by atoms with van der Waals surface area (Å²) in [5, 5.41) is 3.09. The van der Waals surface area contributed by atoms with Crippen LogP contribution in [0.1, 0.15) is 18.1 Å². The zero-order chi connectivity index (χ0) is 17.8. The number of benzene rings is 1. The molecule has 0 bridgehead atoms. The molecular formula is C20H25N3O2. The molecule has 1 amide bonds. The molecule has 132 valence electrons. The number of hydrogen-bond donors (Lipinski definition) is 1. The van der Waals surface area contributed by atoms with Crippen molar-refractivity contribution in [2.75, 3.05) is 13.1 Å². The Balaban J connectivity index is 1.55. The van der Waals surface area contributed by atoms with E-state index in [0.717, 1.165) is 25.2 Å². The van der Waals surface area contributed by atoms with Crippen LogP contribution in [0.2, 0.25) is 0 Å². The summed E-state index contributed by atoms with van der Waals surface area (Å²) in [4.78, 5) is 26.6. The van der Waals surface area contributed by atoms with Crippen LogP contribution >= 0.6 is 0 Å². The highest BCUT2D eigenvalue weighted by molar-refractivity contribution is 5.76. The van der Waals surface area contributed by atoms with Crippen molar-refractivity contribution in [1.82, 2.24) is 14.8 Å². The Morgan fingerprint density at radius 3 is 2.68 bits per heavy atom. The minimum absolute atomic E-state index is 0.0705. The van der Waals surface area contributed by atoms with Gasteiger partial charge in [0.2, 0.25) is 5.91 Å². The molecule has 5 nitrogen and oxygen atoms in total. The van der Waals surface area contributed by atoms with Crippen LogP contribution in [0.4, 0.5) is 0 Å². The molecule has 0 saturated carbocycles. The van der Waals surface area contributed by atoms with Gasteiger partial charge in [-0.25, -0.2) is 0 Å². The second kappa shape index (κ2) is 7.66. The number of likely N-dealkylation sites (tertiary alicyclic amines) is 1. The maximum atomic E-state index is 12.3. The fraction of sp³-hybridized carbons (Fsp3) is 0.400. The van der Waals surface area contributed by atoms with Crippen LogP contribution in [0.15, 0.2) is 53.5 Å². The summed E-state index contributed by atoms with van der Waals surface area (Å²) in [5.74, 6) is 0.284. The van der Waals surface area contributed by atoms with E-state index in [4.69, 9.17) is 0 Å². The zero-order valence-electron chi connectivity index (χ0n) is 14.8. The van der Waals surface area contributed by atoms with Gasteiger partial charge in [-0.15, -0.1) is 0 Å². The molecule has 1 aromatic carbocycles. The van der Waals surface area contributed by atoms with Gasteiger partial charge < -0.3 is 9.88 Å². The number of carbonyl (C=O) groups is 1. The van der Waals surface area contributed by atoms with Crippen LogP contribution in [0.3, 0.4) is 0 Å². The average Bonchev–Trinajstić information content (AvgIpc) is 2.90. The molecule has 1 saturated heterocycles. The van der Waals surface area contributed by atoms with Crippen molar-refractivity contribution in [3.8, 4) is 0 Å². The van der Waals surface area contributed by atoms with E-state index >= 15 is 0 Å². The highest BCUT2D eigenvalue weighted by Gasteiger charge is 2.30. The minimum Gasteiger partial charge on any atom is -0.350 e. The number of aryl methyl sites for hydroxylation is 1. The first-order valence-corrected chi connectivity index (χ1v) is 8.74. The fourth-order valence-electron chi connectivity index (χ4n) is 3.37. The van der Waals surface area contributed by atoms with Gasteiger partial charge in [-0.1, -0.05) is 37.3 Å². The predicted octanol–water partition coefficient (Wildman–Crippen LogP) is 1.79. The number of amides is 1. The third-order valence-corrected chi connectivity index (χ3v) is 4.75. The van der Waals surface area contributed by atoms with Crippen molar-refractivity contribution < 1.29 is 4.79 Å². The maximum absolute atomic E-state index is 12.3. The first-order chi connectivity index (χ1) is 12.0. The van der Waals surface area contributed by atoms with E-state index < -0.39 is 0 Å². The van der Waals surface area contributed by atoms with Gasteiger partial charge in [0.05, 0.1) is 0 Å². The number of aromatic nitrogens is 1. The molecule has 1 N–H and O–H groups in total. The molecule has 0 spiro atoms. The Morgan fingerprint density at radius 1 is 1.20 bits per heavy atom. The summed E-state index contributed by atoms with van der Waals surface area (Å²) in [6.07, 6.45) is 1.68.